The van der Waals surface area contributed by atoms with Gasteiger partial charge in [0.25, 0.3) is 0 Å². The van der Waals surface area contributed by atoms with E-state index in [1.165, 1.54) is 31.7 Å². The number of nitrogens with zero attached hydrogens (tertiary/aromatic N) is 5. The monoisotopic (exact) mass is 476 g/mol. The average molecular weight is 477 g/mol. The minimum atomic E-state index is -0.123. The maximum Gasteiger partial charge on any atom is 0.216 e. The van der Waals surface area contributed by atoms with Crippen LogP contribution in [-0.2, 0) is 6.54 Å². The highest BCUT2D eigenvalue weighted by atomic mass is 32.1. The van der Waals surface area contributed by atoms with E-state index in [4.69, 9.17) is 10.1 Å². The van der Waals surface area contributed by atoms with Crippen molar-refractivity contribution in [3.8, 4) is 11.3 Å². The number of rotatable bonds is 6. The molecule has 0 atom stereocenters. The molecule has 0 amide bonds. The van der Waals surface area contributed by atoms with Gasteiger partial charge in [-0.2, -0.15) is 4.52 Å². The molecule has 6 rings (SSSR count). The lowest BCUT2D eigenvalue weighted by Crippen LogP contribution is -2.46. The number of hydrogen-bond donors (Lipinski definition) is 1. The van der Waals surface area contributed by atoms with Crippen LogP contribution in [0.1, 0.15) is 31.2 Å². The van der Waals surface area contributed by atoms with Crippen molar-refractivity contribution < 1.29 is 4.39 Å². The van der Waals surface area contributed by atoms with E-state index in [0.717, 1.165) is 58.9 Å². The number of imidazole rings is 1. The fourth-order valence-corrected chi connectivity index (χ4v) is 5.97. The zero-order valence-corrected chi connectivity index (χ0v) is 20.0. The third kappa shape index (κ3) is 4.28. The quantitative estimate of drug-likeness (QED) is 0.411. The summed E-state index contributed by atoms with van der Waals surface area (Å²) in [6, 6.07) is 17.9. The van der Waals surface area contributed by atoms with Crippen molar-refractivity contribution in [2.75, 3.05) is 36.4 Å². The second kappa shape index (κ2) is 9.35. The smallest absolute Gasteiger partial charge is 0.216 e. The summed E-state index contributed by atoms with van der Waals surface area (Å²) in [6.45, 7) is 4.18. The summed E-state index contributed by atoms with van der Waals surface area (Å²) in [5, 5.41) is 9.78. The highest BCUT2D eigenvalue weighted by Gasteiger charge is 2.25. The van der Waals surface area contributed by atoms with Crippen molar-refractivity contribution in [3.63, 3.8) is 0 Å². The predicted octanol–water partition coefficient (Wildman–Crippen LogP) is 5.27. The Balaban J connectivity index is 1.22. The molecule has 8 heteroatoms. The van der Waals surface area contributed by atoms with Gasteiger partial charge in [-0.15, -0.1) is 5.10 Å². The van der Waals surface area contributed by atoms with Gasteiger partial charge in [0, 0.05) is 49.9 Å². The van der Waals surface area contributed by atoms with Crippen LogP contribution in [0.3, 0.4) is 0 Å². The van der Waals surface area contributed by atoms with Crippen molar-refractivity contribution in [2.24, 2.45) is 0 Å². The Kier molecular flexibility index (Phi) is 5.93. The summed E-state index contributed by atoms with van der Waals surface area (Å²) in [7, 11) is 0. The number of benzene rings is 2. The van der Waals surface area contributed by atoms with Gasteiger partial charge in [0.15, 0.2) is 5.82 Å². The van der Waals surface area contributed by atoms with Gasteiger partial charge in [-0.05, 0) is 18.9 Å². The first-order valence-corrected chi connectivity index (χ1v) is 13.0. The highest BCUT2D eigenvalue weighted by molar-refractivity contribution is 7.20. The van der Waals surface area contributed by atoms with E-state index in [1.807, 2.05) is 22.7 Å². The van der Waals surface area contributed by atoms with Crippen LogP contribution in [0.5, 0.6) is 0 Å². The van der Waals surface area contributed by atoms with Crippen LogP contribution < -0.4 is 10.2 Å². The molecule has 4 aromatic rings. The van der Waals surface area contributed by atoms with Gasteiger partial charge in [-0.1, -0.05) is 72.7 Å². The Hall–Kier alpha value is -2.97. The fourth-order valence-electron chi connectivity index (χ4n) is 5.02. The van der Waals surface area contributed by atoms with E-state index in [2.05, 4.69) is 39.4 Å². The molecular weight excluding hydrogens is 447 g/mol. The predicted molar refractivity (Wildman–Crippen MR) is 136 cm³/mol. The van der Waals surface area contributed by atoms with Gasteiger partial charge >= 0.3 is 0 Å². The van der Waals surface area contributed by atoms with Crippen molar-refractivity contribution in [2.45, 2.75) is 38.3 Å². The first-order valence-electron chi connectivity index (χ1n) is 12.2. The normalized spacial score (nSPS) is 17.6. The zero-order chi connectivity index (χ0) is 22.9. The molecule has 3 heterocycles. The fraction of sp³-hybridized carbons (Fsp3) is 0.385. The molecule has 1 aliphatic carbocycles. The Bertz CT molecular complexity index is 1260. The average Bonchev–Trinajstić information content (AvgIpc) is 3.60. The lowest BCUT2D eigenvalue weighted by atomic mass is 10.1. The minimum Gasteiger partial charge on any atom is -0.365 e. The minimum absolute atomic E-state index is 0.123. The van der Waals surface area contributed by atoms with Crippen LogP contribution in [0.25, 0.3) is 16.2 Å². The molecule has 0 radical (unpaired) electrons. The molecule has 1 aliphatic heterocycles. The van der Waals surface area contributed by atoms with Crippen LogP contribution in [0.4, 0.5) is 15.3 Å². The van der Waals surface area contributed by atoms with Crippen LogP contribution in [0.15, 0.2) is 54.6 Å². The summed E-state index contributed by atoms with van der Waals surface area (Å²) in [5.41, 5.74) is 2.86. The molecule has 2 aromatic heterocycles. The van der Waals surface area contributed by atoms with Gasteiger partial charge in [0.1, 0.15) is 11.5 Å². The molecule has 6 nitrogen and oxygen atoms in total. The van der Waals surface area contributed by atoms with Gasteiger partial charge in [-0.25, -0.2) is 9.37 Å². The Morgan fingerprint density at radius 1 is 0.941 bits per heavy atom. The molecule has 0 unspecified atom stereocenters. The van der Waals surface area contributed by atoms with Crippen molar-refractivity contribution in [3.05, 3.63) is 66.0 Å². The van der Waals surface area contributed by atoms with Gasteiger partial charge in [-0.3, -0.25) is 4.90 Å². The molecule has 1 saturated carbocycles. The molecule has 34 heavy (non-hydrogen) atoms. The number of piperazine rings is 1. The molecule has 2 aromatic carbocycles. The lowest BCUT2D eigenvalue weighted by molar-refractivity contribution is 0.246. The largest absolute Gasteiger partial charge is 0.365 e. The molecule has 2 fully saturated rings. The molecule has 176 valence electrons. The topological polar surface area (TPSA) is 48.7 Å². The van der Waals surface area contributed by atoms with Crippen LogP contribution >= 0.6 is 11.3 Å². The summed E-state index contributed by atoms with van der Waals surface area (Å²) in [5.74, 6) is 0.886. The van der Waals surface area contributed by atoms with E-state index in [9.17, 15) is 4.39 Å². The maximum absolute atomic E-state index is 14.0. The maximum atomic E-state index is 14.0. The number of fused-ring (bicyclic) bond motifs is 1. The van der Waals surface area contributed by atoms with Gasteiger partial charge < -0.3 is 10.2 Å². The molecule has 2 aliphatic rings. The molecular formula is C26H29FN6S. The van der Waals surface area contributed by atoms with E-state index in [0.29, 0.717) is 12.6 Å². The highest BCUT2D eigenvalue weighted by Crippen LogP contribution is 2.35. The third-order valence-electron chi connectivity index (χ3n) is 6.93. The van der Waals surface area contributed by atoms with Crippen molar-refractivity contribution in [1.82, 2.24) is 19.5 Å². The summed E-state index contributed by atoms with van der Waals surface area (Å²) in [6.07, 6.45) is 4.95. The number of aromatic nitrogens is 3. The first-order chi connectivity index (χ1) is 16.7. The number of anilines is 2. The standard InChI is InChI=1S/C26H29FN6S/c27-22-13-7-4-10-20(22)18-31-14-16-32(17-15-31)26-30-33-24(28-21-11-5-6-12-21)23(29-25(33)34-26)19-8-2-1-3-9-19/h1-4,7-10,13,21,28H,5-6,11-12,14-18H2. The van der Waals surface area contributed by atoms with Gasteiger partial charge in [0.2, 0.25) is 10.1 Å². The SMILES string of the molecule is Fc1ccccc1CN1CCN(c2nn3c(NC4CCCC4)c(-c4ccccc4)nc3s2)CC1. The van der Waals surface area contributed by atoms with E-state index in [-0.39, 0.29) is 5.82 Å². The number of halogens is 1. The van der Waals surface area contributed by atoms with Crippen LogP contribution in [0.2, 0.25) is 0 Å². The van der Waals surface area contributed by atoms with E-state index >= 15 is 0 Å². The first kappa shape index (κ1) is 21.6. The van der Waals surface area contributed by atoms with Crippen molar-refractivity contribution >= 4 is 27.2 Å². The van der Waals surface area contributed by atoms with E-state index in [1.54, 1.807) is 17.4 Å². The summed E-state index contributed by atoms with van der Waals surface area (Å²) < 4.78 is 16.1. The Morgan fingerprint density at radius 2 is 1.68 bits per heavy atom. The summed E-state index contributed by atoms with van der Waals surface area (Å²) in [4.78, 5) is 10.6. The summed E-state index contributed by atoms with van der Waals surface area (Å²) >= 11 is 1.65. The number of hydrogen-bond acceptors (Lipinski definition) is 6. The Labute approximate surface area is 203 Å². The van der Waals surface area contributed by atoms with Crippen molar-refractivity contribution in [1.29, 1.82) is 0 Å². The molecule has 1 N–H and O–H groups in total. The molecule has 0 spiro atoms. The third-order valence-corrected chi connectivity index (χ3v) is 7.90. The lowest BCUT2D eigenvalue weighted by Gasteiger charge is -2.34. The zero-order valence-electron chi connectivity index (χ0n) is 19.2. The second-order valence-electron chi connectivity index (χ2n) is 9.23. The van der Waals surface area contributed by atoms with Crippen LogP contribution in [-0.4, -0.2) is 51.7 Å². The second-order valence-corrected chi connectivity index (χ2v) is 10.2. The Morgan fingerprint density at radius 3 is 2.44 bits per heavy atom. The van der Waals surface area contributed by atoms with E-state index < -0.39 is 0 Å². The van der Waals surface area contributed by atoms with Gasteiger partial charge in [0.05, 0.1) is 0 Å². The number of nitrogens with one attached hydrogen (secondary N) is 1. The van der Waals surface area contributed by atoms with Crippen LogP contribution in [0, 0.1) is 5.82 Å². The molecule has 1 saturated heterocycles. The molecule has 0 bridgehead atoms.